The standard InChI is InChI=1S/C18H22ClN3O3S/c1-11(12-6-7-12)20-18(23)13-9-16-15(10-14(13)19)22-8-4-2-3-5-17(22)21-26(16,24)25/h9-12H,2-8H2,1H3,(H,20,23)/t11-/m1/s1. The Morgan fingerprint density at radius 3 is 2.81 bits per heavy atom. The third-order valence-electron chi connectivity index (χ3n) is 5.37. The summed E-state index contributed by atoms with van der Waals surface area (Å²) < 4.78 is 29.4. The molecule has 1 saturated heterocycles. The minimum absolute atomic E-state index is 0.0569. The second-order valence-electron chi connectivity index (χ2n) is 7.34. The number of anilines is 1. The molecule has 1 aromatic carbocycles. The van der Waals surface area contributed by atoms with Gasteiger partial charge in [-0.25, -0.2) is 0 Å². The molecule has 26 heavy (non-hydrogen) atoms. The highest BCUT2D eigenvalue weighted by atomic mass is 35.5. The third kappa shape index (κ3) is 3.22. The molecule has 3 aliphatic rings. The summed E-state index contributed by atoms with van der Waals surface area (Å²) in [4.78, 5) is 14.6. The van der Waals surface area contributed by atoms with Gasteiger partial charge in [0.15, 0.2) is 0 Å². The van der Waals surface area contributed by atoms with E-state index in [1.165, 1.54) is 6.07 Å². The molecule has 1 N–H and O–H groups in total. The fourth-order valence-electron chi connectivity index (χ4n) is 3.67. The molecule has 2 fully saturated rings. The monoisotopic (exact) mass is 395 g/mol. The van der Waals surface area contributed by atoms with Crippen LogP contribution in [0.4, 0.5) is 5.69 Å². The van der Waals surface area contributed by atoms with Gasteiger partial charge in [-0.2, -0.15) is 8.42 Å². The predicted octanol–water partition coefficient (Wildman–Crippen LogP) is 3.35. The number of benzene rings is 1. The van der Waals surface area contributed by atoms with Gasteiger partial charge in [0.25, 0.3) is 15.9 Å². The smallest absolute Gasteiger partial charge is 0.286 e. The molecule has 1 aromatic rings. The van der Waals surface area contributed by atoms with Gasteiger partial charge in [0.2, 0.25) is 0 Å². The van der Waals surface area contributed by atoms with Crippen LogP contribution in [0.5, 0.6) is 0 Å². The number of nitrogens with one attached hydrogen (secondary N) is 1. The van der Waals surface area contributed by atoms with E-state index in [4.69, 9.17) is 11.6 Å². The van der Waals surface area contributed by atoms with Gasteiger partial charge in [-0.3, -0.25) is 4.79 Å². The lowest BCUT2D eigenvalue weighted by atomic mass is 10.1. The maximum Gasteiger partial charge on any atom is 0.286 e. The number of carbonyl (C=O) groups is 1. The van der Waals surface area contributed by atoms with E-state index in [-0.39, 0.29) is 27.4 Å². The van der Waals surface area contributed by atoms with Crippen LogP contribution in [0.15, 0.2) is 21.4 Å². The molecule has 0 radical (unpaired) electrons. The number of hydrogen-bond acceptors (Lipinski definition) is 4. The second kappa shape index (κ2) is 6.53. The average molecular weight is 396 g/mol. The maximum absolute atomic E-state index is 12.7. The van der Waals surface area contributed by atoms with Crippen molar-refractivity contribution in [3.05, 3.63) is 22.7 Å². The molecular formula is C18H22ClN3O3S. The zero-order chi connectivity index (χ0) is 18.5. The highest BCUT2D eigenvalue weighted by Gasteiger charge is 2.34. The van der Waals surface area contributed by atoms with Crippen LogP contribution in [0, 0.1) is 5.92 Å². The Hall–Kier alpha value is -1.60. The largest absolute Gasteiger partial charge is 0.349 e. The molecule has 140 valence electrons. The van der Waals surface area contributed by atoms with Crippen molar-refractivity contribution in [1.82, 2.24) is 5.32 Å². The normalized spacial score (nSPS) is 22.5. The Kier molecular flexibility index (Phi) is 4.47. The number of nitrogens with zero attached hydrogens (tertiary/aromatic N) is 2. The van der Waals surface area contributed by atoms with Gasteiger partial charge in [0.05, 0.1) is 16.3 Å². The maximum atomic E-state index is 12.7. The number of halogens is 1. The Morgan fingerprint density at radius 2 is 2.08 bits per heavy atom. The zero-order valence-electron chi connectivity index (χ0n) is 14.7. The molecule has 2 heterocycles. The van der Waals surface area contributed by atoms with Crippen LogP contribution >= 0.6 is 11.6 Å². The van der Waals surface area contributed by atoms with Gasteiger partial charge in [0, 0.05) is 19.0 Å². The summed E-state index contributed by atoms with van der Waals surface area (Å²) in [5.74, 6) is 0.743. The number of amidine groups is 1. The van der Waals surface area contributed by atoms with Crippen LogP contribution in [0.3, 0.4) is 0 Å². The van der Waals surface area contributed by atoms with Crippen molar-refractivity contribution >= 4 is 39.1 Å². The first-order valence-corrected chi connectivity index (χ1v) is 10.9. The van der Waals surface area contributed by atoms with Crippen LogP contribution in [0.25, 0.3) is 0 Å². The first-order valence-electron chi connectivity index (χ1n) is 9.12. The molecule has 0 unspecified atom stereocenters. The minimum Gasteiger partial charge on any atom is -0.349 e. The first-order chi connectivity index (χ1) is 12.4. The molecule has 6 nitrogen and oxygen atoms in total. The van der Waals surface area contributed by atoms with E-state index in [2.05, 4.69) is 9.71 Å². The van der Waals surface area contributed by atoms with E-state index in [0.29, 0.717) is 30.4 Å². The highest BCUT2D eigenvalue weighted by molar-refractivity contribution is 7.90. The van der Waals surface area contributed by atoms with E-state index in [9.17, 15) is 13.2 Å². The molecule has 8 heteroatoms. The van der Waals surface area contributed by atoms with Gasteiger partial charge in [-0.15, -0.1) is 4.40 Å². The van der Waals surface area contributed by atoms with Crippen LogP contribution in [0.2, 0.25) is 5.02 Å². The summed E-state index contributed by atoms with van der Waals surface area (Å²) in [6.45, 7) is 2.67. The lowest BCUT2D eigenvalue weighted by Gasteiger charge is -2.30. The van der Waals surface area contributed by atoms with Crippen LogP contribution in [0.1, 0.15) is 55.8 Å². The minimum atomic E-state index is -3.83. The topological polar surface area (TPSA) is 78.8 Å². The van der Waals surface area contributed by atoms with E-state index >= 15 is 0 Å². The summed E-state index contributed by atoms with van der Waals surface area (Å²) in [6, 6.07) is 3.04. The predicted molar refractivity (Wildman–Crippen MR) is 102 cm³/mol. The lowest BCUT2D eigenvalue weighted by molar-refractivity contribution is 0.0936. The van der Waals surface area contributed by atoms with E-state index in [1.807, 2.05) is 11.8 Å². The van der Waals surface area contributed by atoms with Crippen molar-refractivity contribution in [3.8, 4) is 0 Å². The summed E-state index contributed by atoms with van der Waals surface area (Å²) in [6.07, 6.45) is 5.79. The van der Waals surface area contributed by atoms with Crippen molar-refractivity contribution in [2.24, 2.45) is 10.3 Å². The zero-order valence-corrected chi connectivity index (χ0v) is 16.2. The van der Waals surface area contributed by atoms with E-state index < -0.39 is 10.0 Å². The summed E-state index contributed by atoms with van der Waals surface area (Å²) in [5.41, 5.74) is 0.726. The van der Waals surface area contributed by atoms with Crippen molar-refractivity contribution in [3.63, 3.8) is 0 Å². The summed E-state index contributed by atoms with van der Waals surface area (Å²) in [5, 5.41) is 3.20. The highest BCUT2D eigenvalue weighted by Crippen LogP contribution is 2.38. The number of fused-ring (bicyclic) bond motifs is 3. The molecule has 2 aliphatic heterocycles. The molecule has 0 spiro atoms. The summed E-state index contributed by atoms with van der Waals surface area (Å²) >= 11 is 6.38. The van der Waals surface area contributed by atoms with Crippen molar-refractivity contribution in [2.75, 3.05) is 11.4 Å². The SMILES string of the molecule is C[C@@H](NC(=O)c1cc2c(cc1Cl)N1CCCCCC1=NS2(=O)=O)C1CC1. The van der Waals surface area contributed by atoms with Gasteiger partial charge in [-0.05, 0) is 50.7 Å². The third-order valence-corrected chi connectivity index (χ3v) is 7.02. The van der Waals surface area contributed by atoms with Gasteiger partial charge in [-0.1, -0.05) is 18.0 Å². The molecule has 4 rings (SSSR count). The fraction of sp³-hybridized carbons (Fsp3) is 0.556. The molecular weight excluding hydrogens is 374 g/mol. The first kappa shape index (κ1) is 17.8. The number of hydrogen-bond donors (Lipinski definition) is 1. The summed E-state index contributed by atoms with van der Waals surface area (Å²) in [7, 11) is -3.83. The molecule has 0 bridgehead atoms. The number of rotatable bonds is 3. The lowest BCUT2D eigenvalue weighted by Crippen LogP contribution is -2.36. The molecule has 0 aromatic heterocycles. The van der Waals surface area contributed by atoms with Crippen molar-refractivity contribution in [1.29, 1.82) is 0 Å². The van der Waals surface area contributed by atoms with Crippen LogP contribution in [-0.4, -0.2) is 32.7 Å². The van der Waals surface area contributed by atoms with Gasteiger partial charge < -0.3 is 10.2 Å². The quantitative estimate of drug-likeness (QED) is 0.851. The van der Waals surface area contributed by atoms with Crippen molar-refractivity contribution in [2.45, 2.75) is 56.4 Å². The second-order valence-corrected chi connectivity index (χ2v) is 9.32. The Balaban J connectivity index is 1.73. The van der Waals surface area contributed by atoms with E-state index in [1.54, 1.807) is 6.07 Å². The Bertz CT molecular complexity index is 893. The van der Waals surface area contributed by atoms with Gasteiger partial charge >= 0.3 is 0 Å². The molecule has 1 amide bonds. The fourth-order valence-corrected chi connectivity index (χ4v) is 5.18. The Morgan fingerprint density at radius 1 is 1.31 bits per heavy atom. The molecule has 1 saturated carbocycles. The molecule has 1 aliphatic carbocycles. The van der Waals surface area contributed by atoms with Crippen LogP contribution < -0.4 is 10.2 Å². The van der Waals surface area contributed by atoms with Gasteiger partial charge in [0.1, 0.15) is 10.7 Å². The number of amides is 1. The van der Waals surface area contributed by atoms with Crippen LogP contribution in [-0.2, 0) is 10.0 Å². The number of sulfonamides is 1. The number of carbonyl (C=O) groups excluding carboxylic acids is 1. The molecule has 1 atom stereocenters. The Labute approximate surface area is 158 Å². The van der Waals surface area contributed by atoms with E-state index in [0.717, 1.165) is 32.1 Å². The average Bonchev–Trinajstić information content (AvgIpc) is 3.41. The van der Waals surface area contributed by atoms with Crippen molar-refractivity contribution < 1.29 is 13.2 Å².